The first-order chi connectivity index (χ1) is 13.1. The van der Waals surface area contributed by atoms with Crippen molar-refractivity contribution in [2.24, 2.45) is 12.0 Å². The zero-order valence-corrected chi connectivity index (χ0v) is 17.0. The molecule has 3 aromatic rings. The van der Waals surface area contributed by atoms with E-state index in [2.05, 4.69) is 4.99 Å². The van der Waals surface area contributed by atoms with Crippen LogP contribution in [0.2, 0.25) is 0 Å². The fourth-order valence-corrected chi connectivity index (χ4v) is 3.37. The Morgan fingerprint density at radius 1 is 1.00 bits per heavy atom. The third-order valence-electron chi connectivity index (χ3n) is 3.82. The van der Waals surface area contributed by atoms with Crippen LogP contribution in [-0.4, -0.2) is 24.7 Å². The number of carbonyl (C=O) groups is 1. The Labute approximate surface area is 163 Å². The fraction of sp³-hybridized carbons (Fsp3) is 0.238. The fourth-order valence-electron chi connectivity index (χ4n) is 2.46. The molecule has 5 nitrogen and oxygen atoms in total. The van der Waals surface area contributed by atoms with Gasteiger partial charge in [-0.05, 0) is 23.8 Å². The molecule has 0 aliphatic carbocycles. The molecule has 27 heavy (non-hydrogen) atoms. The number of aromatic nitrogens is 1. The van der Waals surface area contributed by atoms with Crippen LogP contribution in [0.1, 0.15) is 24.2 Å². The van der Waals surface area contributed by atoms with Gasteiger partial charge >= 0.3 is 0 Å². The Morgan fingerprint density at radius 2 is 1.67 bits per heavy atom. The summed E-state index contributed by atoms with van der Waals surface area (Å²) in [4.78, 5) is 17.4. The van der Waals surface area contributed by atoms with E-state index >= 15 is 0 Å². The highest BCUT2D eigenvalue weighted by molar-refractivity contribution is 7.07. The second kappa shape index (κ2) is 9.73. The highest BCUT2D eigenvalue weighted by Gasteiger charge is 2.11. The number of carbonyl (C=O) groups excluding carboxylic acids is 1. The number of ether oxygens (including phenoxy) is 2. The van der Waals surface area contributed by atoms with Crippen molar-refractivity contribution in [3.05, 3.63) is 64.3 Å². The van der Waals surface area contributed by atoms with Crippen LogP contribution in [0.15, 0.2) is 58.9 Å². The molecule has 0 atom stereocenters. The van der Waals surface area contributed by atoms with E-state index in [9.17, 15) is 4.79 Å². The first-order valence-electron chi connectivity index (χ1n) is 8.65. The van der Waals surface area contributed by atoms with Crippen molar-refractivity contribution >= 4 is 17.2 Å². The molecule has 0 aliphatic rings. The standard InChI is InChI=1S/C19H18N2O3S.C2H6/c1-21-15(13-7-5-4-6-8-13)12-25-19(21)20-18(22)14-9-10-16(23-2)17(11-14)24-3;1-2/h4-12H,1-3H3;1-2H3. The van der Waals surface area contributed by atoms with E-state index in [1.165, 1.54) is 18.4 Å². The third kappa shape index (κ3) is 4.65. The van der Waals surface area contributed by atoms with Gasteiger partial charge in [0.25, 0.3) is 5.91 Å². The molecule has 2 aromatic carbocycles. The molecule has 0 N–H and O–H groups in total. The van der Waals surface area contributed by atoms with Gasteiger partial charge in [0.1, 0.15) is 0 Å². The molecule has 1 heterocycles. The van der Waals surface area contributed by atoms with Crippen LogP contribution in [0, 0.1) is 0 Å². The van der Waals surface area contributed by atoms with Gasteiger partial charge in [-0.3, -0.25) is 4.79 Å². The molecule has 6 heteroatoms. The molecule has 0 fully saturated rings. The lowest BCUT2D eigenvalue weighted by atomic mass is 10.2. The molecule has 0 unspecified atom stereocenters. The molecule has 1 aromatic heterocycles. The van der Waals surface area contributed by atoms with Gasteiger partial charge in [-0.2, -0.15) is 4.99 Å². The normalized spacial score (nSPS) is 10.8. The Morgan fingerprint density at radius 3 is 2.30 bits per heavy atom. The van der Waals surface area contributed by atoms with Gasteiger partial charge in [0.05, 0.1) is 19.9 Å². The second-order valence-corrected chi connectivity index (χ2v) is 6.15. The monoisotopic (exact) mass is 384 g/mol. The summed E-state index contributed by atoms with van der Waals surface area (Å²) in [7, 11) is 4.99. The second-order valence-electron chi connectivity index (χ2n) is 5.32. The quantitative estimate of drug-likeness (QED) is 0.664. The number of nitrogens with zero attached hydrogens (tertiary/aromatic N) is 2. The lowest BCUT2D eigenvalue weighted by Crippen LogP contribution is -2.14. The van der Waals surface area contributed by atoms with E-state index in [-0.39, 0.29) is 5.91 Å². The molecular formula is C21H24N2O3S. The summed E-state index contributed by atoms with van der Waals surface area (Å²) in [6, 6.07) is 15.0. The zero-order chi connectivity index (χ0) is 19.8. The van der Waals surface area contributed by atoms with E-state index in [1.807, 2.05) is 61.2 Å². The summed E-state index contributed by atoms with van der Waals surface area (Å²) in [5.41, 5.74) is 2.55. The lowest BCUT2D eigenvalue weighted by Gasteiger charge is -2.07. The summed E-state index contributed by atoms with van der Waals surface area (Å²) in [6.07, 6.45) is 0. The van der Waals surface area contributed by atoms with Gasteiger partial charge in [-0.25, -0.2) is 0 Å². The van der Waals surface area contributed by atoms with Crippen molar-refractivity contribution in [3.63, 3.8) is 0 Å². The molecule has 0 spiro atoms. The maximum atomic E-state index is 12.5. The van der Waals surface area contributed by atoms with Crippen molar-refractivity contribution < 1.29 is 14.3 Å². The number of hydrogen-bond donors (Lipinski definition) is 0. The van der Waals surface area contributed by atoms with Gasteiger partial charge in [0, 0.05) is 18.0 Å². The third-order valence-corrected chi connectivity index (χ3v) is 4.74. The number of thiazole rings is 1. The van der Waals surface area contributed by atoms with Gasteiger partial charge in [-0.1, -0.05) is 44.2 Å². The van der Waals surface area contributed by atoms with Crippen molar-refractivity contribution in [2.75, 3.05) is 14.2 Å². The number of methoxy groups -OCH3 is 2. The Hall–Kier alpha value is -2.86. The molecule has 3 rings (SSSR count). The lowest BCUT2D eigenvalue weighted by molar-refractivity contribution is 0.0997. The largest absolute Gasteiger partial charge is 0.493 e. The SMILES string of the molecule is CC.COc1ccc(C(=O)N=c2scc(-c3ccccc3)n2C)cc1OC. The number of amides is 1. The highest BCUT2D eigenvalue weighted by Crippen LogP contribution is 2.27. The first-order valence-corrected chi connectivity index (χ1v) is 9.53. The maximum Gasteiger partial charge on any atom is 0.279 e. The molecule has 0 saturated heterocycles. The smallest absolute Gasteiger partial charge is 0.279 e. The Bertz CT molecular complexity index is 959. The van der Waals surface area contributed by atoms with Crippen molar-refractivity contribution in [1.82, 2.24) is 4.57 Å². The molecule has 0 saturated carbocycles. The van der Waals surface area contributed by atoms with E-state index in [1.54, 1.807) is 25.3 Å². The average molecular weight is 385 g/mol. The zero-order valence-electron chi connectivity index (χ0n) is 16.2. The van der Waals surface area contributed by atoms with Crippen LogP contribution < -0.4 is 14.3 Å². The number of benzene rings is 2. The van der Waals surface area contributed by atoms with E-state index in [0.29, 0.717) is 21.9 Å². The minimum atomic E-state index is -0.321. The summed E-state index contributed by atoms with van der Waals surface area (Å²) in [6.45, 7) is 4.00. The van der Waals surface area contributed by atoms with Crippen molar-refractivity contribution in [1.29, 1.82) is 0 Å². The van der Waals surface area contributed by atoms with E-state index in [4.69, 9.17) is 9.47 Å². The minimum Gasteiger partial charge on any atom is -0.493 e. The first kappa shape index (κ1) is 20.5. The average Bonchev–Trinajstić information content (AvgIpc) is 3.09. The van der Waals surface area contributed by atoms with Gasteiger partial charge in [-0.15, -0.1) is 11.3 Å². The molecule has 0 bridgehead atoms. The predicted molar refractivity (Wildman–Crippen MR) is 110 cm³/mol. The van der Waals surface area contributed by atoms with Crippen LogP contribution >= 0.6 is 11.3 Å². The Kier molecular flexibility index (Phi) is 7.37. The summed E-state index contributed by atoms with van der Waals surface area (Å²) < 4.78 is 12.3. The molecule has 142 valence electrons. The van der Waals surface area contributed by atoms with Crippen LogP contribution in [-0.2, 0) is 7.05 Å². The number of rotatable bonds is 4. The molecule has 1 amide bonds. The summed E-state index contributed by atoms with van der Waals surface area (Å²) in [5, 5.41) is 2.00. The summed E-state index contributed by atoms with van der Waals surface area (Å²) in [5.74, 6) is 0.759. The maximum absolute atomic E-state index is 12.5. The van der Waals surface area contributed by atoms with Gasteiger partial charge in [0.15, 0.2) is 16.3 Å². The van der Waals surface area contributed by atoms with Crippen LogP contribution in [0.5, 0.6) is 11.5 Å². The Balaban J connectivity index is 0.00000126. The van der Waals surface area contributed by atoms with Gasteiger partial charge < -0.3 is 14.0 Å². The van der Waals surface area contributed by atoms with Gasteiger partial charge in [0.2, 0.25) is 0 Å². The van der Waals surface area contributed by atoms with Crippen LogP contribution in [0.3, 0.4) is 0 Å². The van der Waals surface area contributed by atoms with Crippen LogP contribution in [0.25, 0.3) is 11.3 Å². The highest BCUT2D eigenvalue weighted by atomic mass is 32.1. The molecule has 0 radical (unpaired) electrons. The van der Waals surface area contributed by atoms with E-state index < -0.39 is 0 Å². The topological polar surface area (TPSA) is 52.8 Å². The predicted octanol–water partition coefficient (Wildman–Crippen LogP) is 4.54. The van der Waals surface area contributed by atoms with Crippen molar-refractivity contribution in [2.45, 2.75) is 13.8 Å². The van der Waals surface area contributed by atoms with Crippen LogP contribution in [0.4, 0.5) is 0 Å². The molecular weight excluding hydrogens is 360 g/mol. The van der Waals surface area contributed by atoms with Crippen molar-refractivity contribution in [3.8, 4) is 22.8 Å². The molecule has 0 aliphatic heterocycles. The number of hydrogen-bond acceptors (Lipinski definition) is 4. The van der Waals surface area contributed by atoms with E-state index in [0.717, 1.165) is 11.3 Å². The minimum absolute atomic E-state index is 0.321. The summed E-state index contributed by atoms with van der Waals surface area (Å²) >= 11 is 1.43.